The number of hydrogen-bond acceptors (Lipinski definition) is 4. The number of amides is 1. The van der Waals surface area contributed by atoms with Crippen molar-refractivity contribution in [3.8, 4) is 5.75 Å². The molecule has 146 valence electrons. The van der Waals surface area contributed by atoms with Crippen LogP contribution in [0.5, 0.6) is 5.75 Å². The molecule has 0 spiro atoms. The van der Waals surface area contributed by atoms with E-state index in [0.717, 1.165) is 21.9 Å². The molecule has 0 saturated carbocycles. The van der Waals surface area contributed by atoms with E-state index < -0.39 is 0 Å². The maximum atomic E-state index is 12.2. The number of nitrogens with two attached hydrogens (primary N) is 1. The van der Waals surface area contributed by atoms with Gasteiger partial charge in [-0.3, -0.25) is 4.79 Å². The van der Waals surface area contributed by atoms with E-state index in [1.165, 1.54) is 22.5 Å². The van der Waals surface area contributed by atoms with Gasteiger partial charge in [-0.2, -0.15) is 4.99 Å². The predicted octanol–water partition coefficient (Wildman–Crippen LogP) is 5.50. The normalized spacial score (nSPS) is 15.1. The second kappa shape index (κ2) is 7.69. The van der Waals surface area contributed by atoms with Crippen LogP contribution in [0, 0.1) is 0 Å². The molecule has 1 heterocycles. The quantitative estimate of drug-likeness (QED) is 0.451. The Bertz CT molecular complexity index is 1350. The molecule has 0 bridgehead atoms. The molecular formula is C25H18N2O2S. The lowest BCUT2D eigenvalue weighted by Gasteiger charge is -2.14. The number of carbonyl (C=O) groups excluding carboxylic acids is 1. The van der Waals surface area contributed by atoms with Crippen molar-refractivity contribution in [3.63, 3.8) is 0 Å². The summed E-state index contributed by atoms with van der Waals surface area (Å²) in [4.78, 5) is 16.5. The molecule has 0 fully saturated rings. The number of hydrogen-bond donors (Lipinski definition) is 1. The molecule has 30 heavy (non-hydrogen) atoms. The molecule has 4 aromatic carbocycles. The standard InChI is InChI=1S/C25H18N2O2S/c26-25-27-24(28)23(30-25)14-21-20-11-4-2-7-17(20)12-13-22(21)29-15-18-9-5-8-16-6-1-3-10-19(16)18/h1-14H,15H2,(H2,26,27,28)/b23-14-. The van der Waals surface area contributed by atoms with Crippen LogP contribution in [-0.4, -0.2) is 11.1 Å². The molecular weight excluding hydrogens is 392 g/mol. The first-order valence-corrected chi connectivity index (χ1v) is 10.4. The third-order valence-corrected chi connectivity index (χ3v) is 5.92. The second-order valence-electron chi connectivity index (χ2n) is 6.99. The summed E-state index contributed by atoms with van der Waals surface area (Å²) in [7, 11) is 0. The number of thioether (sulfide) groups is 1. The van der Waals surface area contributed by atoms with Crippen molar-refractivity contribution in [2.75, 3.05) is 0 Å². The van der Waals surface area contributed by atoms with Crippen molar-refractivity contribution in [2.45, 2.75) is 6.61 Å². The van der Waals surface area contributed by atoms with Gasteiger partial charge in [0.25, 0.3) is 5.91 Å². The third-order valence-electron chi connectivity index (χ3n) is 5.11. The van der Waals surface area contributed by atoms with Crippen LogP contribution in [0.25, 0.3) is 27.6 Å². The lowest BCUT2D eigenvalue weighted by molar-refractivity contribution is -0.113. The molecule has 5 rings (SSSR count). The zero-order chi connectivity index (χ0) is 20.5. The van der Waals surface area contributed by atoms with Crippen LogP contribution in [0.4, 0.5) is 0 Å². The van der Waals surface area contributed by atoms with Gasteiger partial charge in [0.15, 0.2) is 5.17 Å². The van der Waals surface area contributed by atoms with Gasteiger partial charge >= 0.3 is 0 Å². The molecule has 5 heteroatoms. The van der Waals surface area contributed by atoms with Crippen molar-refractivity contribution in [2.24, 2.45) is 10.7 Å². The fraction of sp³-hybridized carbons (Fsp3) is 0.0400. The van der Waals surface area contributed by atoms with E-state index in [1.807, 2.05) is 60.7 Å². The minimum atomic E-state index is -0.314. The monoisotopic (exact) mass is 410 g/mol. The van der Waals surface area contributed by atoms with Crippen molar-refractivity contribution < 1.29 is 9.53 Å². The minimum Gasteiger partial charge on any atom is -0.488 e. The fourth-order valence-corrected chi connectivity index (χ4v) is 4.34. The summed E-state index contributed by atoms with van der Waals surface area (Å²) < 4.78 is 6.28. The topological polar surface area (TPSA) is 64.7 Å². The highest BCUT2D eigenvalue weighted by Gasteiger charge is 2.21. The molecule has 0 unspecified atom stereocenters. The average Bonchev–Trinajstić information content (AvgIpc) is 3.09. The van der Waals surface area contributed by atoms with Crippen molar-refractivity contribution in [1.82, 2.24) is 0 Å². The van der Waals surface area contributed by atoms with Gasteiger partial charge in [0.2, 0.25) is 0 Å². The smallest absolute Gasteiger partial charge is 0.286 e. The molecule has 4 aromatic rings. The van der Waals surface area contributed by atoms with Crippen molar-refractivity contribution in [1.29, 1.82) is 0 Å². The summed E-state index contributed by atoms with van der Waals surface area (Å²) >= 11 is 1.19. The van der Waals surface area contributed by atoms with Crippen LogP contribution in [0.1, 0.15) is 11.1 Å². The molecule has 0 saturated heterocycles. The summed E-state index contributed by atoms with van der Waals surface area (Å²) in [5.41, 5.74) is 7.69. The summed E-state index contributed by atoms with van der Waals surface area (Å²) in [5, 5.41) is 4.71. The van der Waals surface area contributed by atoms with Gasteiger partial charge in [0, 0.05) is 5.56 Å². The summed E-state index contributed by atoms with van der Waals surface area (Å²) in [6, 6.07) is 26.5. The number of fused-ring (bicyclic) bond motifs is 2. The zero-order valence-electron chi connectivity index (χ0n) is 16.0. The molecule has 0 aliphatic carbocycles. The number of carbonyl (C=O) groups is 1. The summed E-state index contributed by atoms with van der Waals surface area (Å²) in [6.07, 6.45) is 1.83. The van der Waals surface area contributed by atoms with Crippen LogP contribution in [0.3, 0.4) is 0 Å². The fourth-order valence-electron chi connectivity index (χ4n) is 3.68. The molecule has 1 aliphatic rings. The lowest BCUT2D eigenvalue weighted by Crippen LogP contribution is -2.01. The Labute approximate surface area is 178 Å². The Kier molecular flexibility index (Phi) is 4.73. The van der Waals surface area contributed by atoms with E-state index in [9.17, 15) is 4.79 Å². The largest absolute Gasteiger partial charge is 0.488 e. The van der Waals surface area contributed by atoms with Crippen LogP contribution in [0.15, 0.2) is 88.8 Å². The van der Waals surface area contributed by atoms with E-state index in [1.54, 1.807) is 0 Å². The summed E-state index contributed by atoms with van der Waals surface area (Å²) in [6.45, 7) is 0.426. The first kappa shape index (κ1) is 18.5. The first-order valence-electron chi connectivity index (χ1n) is 9.58. The number of aliphatic imine (C=N–C) groups is 1. The predicted molar refractivity (Wildman–Crippen MR) is 124 cm³/mol. The second-order valence-corrected chi connectivity index (χ2v) is 8.05. The van der Waals surface area contributed by atoms with E-state index in [2.05, 4.69) is 29.3 Å². The SMILES string of the molecule is NC1=NC(=O)/C(=C/c2c(OCc3cccc4ccccc34)ccc3ccccc23)S1. The first-order chi connectivity index (χ1) is 14.7. The van der Waals surface area contributed by atoms with E-state index in [0.29, 0.717) is 17.3 Å². The van der Waals surface area contributed by atoms with Gasteiger partial charge in [-0.1, -0.05) is 72.8 Å². The molecule has 1 amide bonds. The van der Waals surface area contributed by atoms with E-state index in [4.69, 9.17) is 10.5 Å². The maximum Gasteiger partial charge on any atom is 0.286 e. The Morgan fingerprint density at radius 3 is 2.33 bits per heavy atom. The molecule has 1 aliphatic heterocycles. The Morgan fingerprint density at radius 2 is 1.57 bits per heavy atom. The molecule has 0 aromatic heterocycles. The van der Waals surface area contributed by atoms with Crippen LogP contribution >= 0.6 is 11.8 Å². The van der Waals surface area contributed by atoms with E-state index >= 15 is 0 Å². The van der Waals surface area contributed by atoms with Crippen molar-refractivity contribution in [3.05, 3.63) is 94.9 Å². The van der Waals surface area contributed by atoms with E-state index in [-0.39, 0.29) is 11.1 Å². The average molecular weight is 410 g/mol. The number of rotatable bonds is 4. The molecule has 2 N–H and O–H groups in total. The molecule has 0 radical (unpaired) electrons. The van der Waals surface area contributed by atoms with Gasteiger partial charge in [-0.25, -0.2) is 0 Å². The minimum absolute atomic E-state index is 0.268. The van der Waals surface area contributed by atoms with Gasteiger partial charge in [-0.05, 0) is 51.0 Å². The third kappa shape index (κ3) is 3.44. The highest BCUT2D eigenvalue weighted by molar-refractivity contribution is 8.18. The van der Waals surface area contributed by atoms with Gasteiger partial charge in [0.05, 0.1) is 4.91 Å². The number of ether oxygens (including phenoxy) is 1. The highest BCUT2D eigenvalue weighted by Crippen LogP contribution is 2.35. The highest BCUT2D eigenvalue weighted by atomic mass is 32.2. The summed E-state index contributed by atoms with van der Waals surface area (Å²) in [5.74, 6) is 0.401. The van der Waals surface area contributed by atoms with Crippen molar-refractivity contribution >= 4 is 50.5 Å². The van der Waals surface area contributed by atoms with Crippen LogP contribution in [0.2, 0.25) is 0 Å². The van der Waals surface area contributed by atoms with Gasteiger partial charge < -0.3 is 10.5 Å². The molecule has 4 nitrogen and oxygen atoms in total. The Morgan fingerprint density at radius 1 is 0.867 bits per heavy atom. The van der Waals surface area contributed by atoms with Gasteiger partial charge in [0.1, 0.15) is 12.4 Å². The van der Waals surface area contributed by atoms with Gasteiger partial charge in [-0.15, -0.1) is 0 Å². The van der Waals surface area contributed by atoms with Crippen LogP contribution < -0.4 is 10.5 Å². The van der Waals surface area contributed by atoms with Crippen LogP contribution in [-0.2, 0) is 11.4 Å². The number of benzene rings is 4. The zero-order valence-corrected chi connectivity index (χ0v) is 16.9. The lowest BCUT2D eigenvalue weighted by atomic mass is 10.0. The number of nitrogens with zero attached hydrogens (tertiary/aromatic N) is 1. The molecule has 0 atom stereocenters. The Hall–Kier alpha value is -3.57. The Balaban J connectivity index is 1.56. The maximum absolute atomic E-state index is 12.2. The number of amidine groups is 1.